The van der Waals surface area contributed by atoms with E-state index in [0.717, 1.165) is 32.4 Å². The maximum Gasteiger partial charge on any atom is 0.224 e. The number of methoxy groups -OCH3 is 1. The predicted molar refractivity (Wildman–Crippen MR) is 168 cm³/mol. The lowest BCUT2D eigenvalue weighted by atomic mass is 10.0. The molecule has 0 fully saturated rings. The first-order valence-electron chi connectivity index (χ1n) is 14.6. The summed E-state index contributed by atoms with van der Waals surface area (Å²) in [5.41, 5.74) is 14.4. The van der Waals surface area contributed by atoms with E-state index in [4.69, 9.17) is 26.4 Å². The molecule has 0 aliphatic heterocycles. The second kappa shape index (κ2) is 16.5. The van der Waals surface area contributed by atoms with Gasteiger partial charge in [-0.25, -0.2) is 19.3 Å². The monoisotopic (exact) mass is 604 g/mol. The smallest absolute Gasteiger partial charge is 0.224 e. The number of nitrogens with zero attached hydrogens (tertiary/aromatic N) is 5. The van der Waals surface area contributed by atoms with Crippen molar-refractivity contribution >= 4 is 34.3 Å². The summed E-state index contributed by atoms with van der Waals surface area (Å²) >= 11 is 0. The number of hydrogen-bond donors (Lipinski definition) is 5. The molecule has 43 heavy (non-hydrogen) atoms. The zero-order valence-corrected chi connectivity index (χ0v) is 26.5. The number of unbranched alkanes of at least 4 members (excludes halogenated alkanes) is 1. The van der Waals surface area contributed by atoms with Gasteiger partial charge in [-0.1, -0.05) is 13.8 Å². The molecule has 13 heteroatoms. The van der Waals surface area contributed by atoms with Crippen molar-refractivity contribution in [3.63, 3.8) is 0 Å². The normalized spacial score (nSPS) is 12.6. The molecule has 0 saturated heterocycles. The number of carbonyl (C=O) groups excluding carboxylic acids is 1. The quantitative estimate of drug-likeness (QED) is 0.103. The fourth-order valence-corrected chi connectivity index (χ4v) is 4.42. The zero-order chi connectivity index (χ0) is 32.3. The van der Waals surface area contributed by atoms with Crippen molar-refractivity contribution in [3.05, 3.63) is 36.2 Å². The van der Waals surface area contributed by atoms with Crippen molar-refractivity contribution in [3.8, 4) is 0 Å². The molecule has 2 heterocycles. The van der Waals surface area contributed by atoms with E-state index in [9.17, 15) is 9.18 Å². The van der Waals surface area contributed by atoms with Gasteiger partial charge in [-0.2, -0.15) is 0 Å². The SMILES string of the molecule is CC(C)(O)O.COC(CCn1cnc2c(N)ncnc21)CN(CCCCC(=O)Nc1cc(C(C)C)c(F)cc1N)C(C)C. The van der Waals surface area contributed by atoms with Crippen LogP contribution >= 0.6 is 0 Å². The highest BCUT2D eigenvalue weighted by Gasteiger charge is 2.18. The number of amides is 1. The third kappa shape index (κ3) is 12.0. The lowest BCUT2D eigenvalue weighted by Gasteiger charge is -2.30. The first kappa shape index (κ1) is 35.8. The van der Waals surface area contributed by atoms with E-state index in [1.165, 1.54) is 26.2 Å². The van der Waals surface area contributed by atoms with Crippen LogP contribution in [0.4, 0.5) is 21.6 Å². The van der Waals surface area contributed by atoms with Crippen LogP contribution in [0, 0.1) is 5.82 Å². The van der Waals surface area contributed by atoms with E-state index >= 15 is 0 Å². The maximum atomic E-state index is 14.1. The minimum absolute atomic E-state index is 0.00347. The van der Waals surface area contributed by atoms with Gasteiger partial charge in [0.1, 0.15) is 17.7 Å². The molecule has 1 aromatic carbocycles. The molecule has 0 spiro atoms. The number of anilines is 3. The van der Waals surface area contributed by atoms with Crippen LogP contribution in [0.3, 0.4) is 0 Å². The van der Waals surface area contributed by atoms with Gasteiger partial charge in [0.05, 0.1) is 23.8 Å². The van der Waals surface area contributed by atoms with E-state index in [0.29, 0.717) is 47.2 Å². The summed E-state index contributed by atoms with van der Waals surface area (Å²) in [5.74, 6) is -1.61. The van der Waals surface area contributed by atoms with Crippen LogP contribution in [0.2, 0.25) is 0 Å². The highest BCUT2D eigenvalue weighted by Crippen LogP contribution is 2.28. The van der Waals surface area contributed by atoms with Crippen LogP contribution in [0.5, 0.6) is 0 Å². The van der Waals surface area contributed by atoms with Gasteiger partial charge in [0.15, 0.2) is 17.3 Å². The summed E-state index contributed by atoms with van der Waals surface area (Å²) in [7, 11) is 1.73. The summed E-state index contributed by atoms with van der Waals surface area (Å²) in [5, 5.41) is 19.0. The van der Waals surface area contributed by atoms with Crippen molar-refractivity contribution < 1.29 is 24.1 Å². The van der Waals surface area contributed by atoms with Crippen LogP contribution in [0.15, 0.2) is 24.8 Å². The fraction of sp³-hybridized carbons (Fsp3) is 0.600. The molecule has 1 atom stereocenters. The van der Waals surface area contributed by atoms with Crippen LogP contribution in [0.25, 0.3) is 11.2 Å². The molecule has 0 radical (unpaired) electrons. The number of ether oxygens (including phenoxy) is 1. The van der Waals surface area contributed by atoms with E-state index in [1.54, 1.807) is 19.5 Å². The minimum Gasteiger partial charge on any atom is -0.397 e. The van der Waals surface area contributed by atoms with Crippen LogP contribution in [-0.4, -0.2) is 78.7 Å². The van der Waals surface area contributed by atoms with E-state index in [1.807, 2.05) is 18.4 Å². The second-order valence-electron chi connectivity index (χ2n) is 11.7. The average molecular weight is 605 g/mol. The van der Waals surface area contributed by atoms with Gasteiger partial charge in [0.2, 0.25) is 5.91 Å². The standard InChI is InChI=1S/C27H41FN8O2.C3H8O2/c1-17(2)20-12-23(22(29)13-21(20)28)34-24(37)8-6-7-10-35(18(3)4)14-19(38-5)9-11-36-16-33-25-26(30)31-15-32-27(25)36;1-3(2,4)5/h12-13,15-19H,6-11,14,29H2,1-5H3,(H,34,37)(H2,30,31,32);4-5H,1-2H3. The molecule has 0 bridgehead atoms. The summed E-state index contributed by atoms with van der Waals surface area (Å²) in [6.45, 7) is 13.0. The number of nitrogens with one attached hydrogen (secondary N) is 1. The Balaban J connectivity index is 0.00000119. The Morgan fingerprint density at radius 1 is 1.14 bits per heavy atom. The maximum absolute atomic E-state index is 14.1. The van der Waals surface area contributed by atoms with Crippen LogP contribution in [0.1, 0.15) is 78.7 Å². The van der Waals surface area contributed by atoms with Gasteiger partial charge in [0, 0.05) is 32.7 Å². The van der Waals surface area contributed by atoms with Gasteiger partial charge in [0.25, 0.3) is 0 Å². The Bertz CT molecular complexity index is 1300. The van der Waals surface area contributed by atoms with Gasteiger partial charge < -0.3 is 36.3 Å². The topological polar surface area (TPSA) is 178 Å². The molecule has 12 nitrogen and oxygen atoms in total. The summed E-state index contributed by atoms with van der Waals surface area (Å²) in [4.78, 5) is 27.5. The largest absolute Gasteiger partial charge is 0.397 e. The zero-order valence-electron chi connectivity index (χ0n) is 26.5. The number of fused-ring (bicyclic) bond motifs is 1. The first-order valence-corrected chi connectivity index (χ1v) is 14.6. The highest BCUT2D eigenvalue weighted by atomic mass is 19.1. The molecular weight excluding hydrogens is 555 g/mol. The number of hydrogen-bond acceptors (Lipinski definition) is 10. The van der Waals surface area contributed by atoms with Crippen LogP contribution in [-0.2, 0) is 16.1 Å². The summed E-state index contributed by atoms with van der Waals surface area (Å²) < 4.78 is 21.9. The molecule has 0 aliphatic carbocycles. The number of carbonyl (C=O) groups is 1. The van der Waals surface area contributed by atoms with E-state index in [-0.39, 0.29) is 29.4 Å². The lowest BCUT2D eigenvalue weighted by Crippen LogP contribution is -2.39. The number of aryl methyl sites for hydroxylation is 1. The number of nitrogen functional groups attached to an aromatic ring is 2. The van der Waals surface area contributed by atoms with Crippen molar-refractivity contribution in [2.45, 2.75) is 97.6 Å². The van der Waals surface area contributed by atoms with Crippen molar-refractivity contribution in [2.75, 3.05) is 37.0 Å². The number of aliphatic hydroxyl groups is 2. The summed E-state index contributed by atoms with van der Waals surface area (Å²) in [6, 6.07) is 3.24. The van der Waals surface area contributed by atoms with E-state index < -0.39 is 5.79 Å². The molecule has 3 rings (SSSR count). The van der Waals surface area contributed by atoms with Gasteiger partial charge in [-0.05, 0) is 77.1 Å². The molecule has 3 aromatic rings. The molecule has 2 aromatic heterocycles. The predicted octanol–water partition coefficient (Wildman–Crippen LogP) is 3.88. The number of rotatable bonds is 14. The van der Waals surface area contributed by atoms with Crippen molar-refractivity contribution in [1.82, 2.24) is 24.4 Å². The second-order valence-corrected chi connectivity index (χ2v) is 11.7. The number of imidazole rings is 1. The number of halogens is 1. The third-order valence-corrected chi connectivity index (χ3v) is 6.79. The number of benzene rings is 1. The Morgan fingerprint density at radius 2 is 1.81 bits per heavy atom. The molecule has 1 amide bonds. The third-order valence-electron chi connectivity index (χ3n) is 6.79. The Morgan fingerprint density at radius 3 is 2.42 bits per heavy atom. The lowest BCUT2D eigenvalue weighted by molar-refractivity contribution is -0.127. The number of nitrogens with two attached hydrogens (primary N) is 2. The molecule has 1 unspecified atom stereocenters. The molecule has 7 N–H and O–H groups in total. The molecule has 0 saturated carbocycles. The Labute approximate surface area is 253 Å². The van der Waals surface area contributed by atoms with Gasteiger partial charge >= 0.3 is 0 Å². The number of aromatic nitrogens is 4. The molecular formula is C30H49FN8O4. The fourth-order valence-electron chi connectivity index (χ4n) is 4.42. The van der Waals surface area contributed by atoms with Crippen molar-refractivity contribution in [1.29, 1.82) is 0 Å². The average Bonchev–Trinajstić information content (AvgIpc) is 3.32. The Kier molecular flexibility index (Phi) is 13.7. The van der Waals surface area contributed by atoms with E-state index in [2.05, 4.69) is 39.0 Å². The summed E-state index contributed by atoms with van der Waals surface area (Å²) in [6.07, 6.45) is 5.95. The highest BCUT2D eigenvalue weighted by molar-refractivity contribution is 5.94. The first-order chi connectivity index (χ1) is 20.1. The van der Waals surface area contributed by atoms with Gasteiger partial charge in [-0.3, -0.25) is 9.69 Å². The van der Waals surface area contributed by atoms with Crippen LogP contribution < -0.4 is 16.8 Å². The molecule has 0 aliphatic rings. The molecule has 240 valence electrons. The minimum atomic E-state index is -1.50. The van der Waals surface area contributed by atoms with Gasteiger partial charge in [-0.15, -0.1) is 0 Å². The van der Waals surface area contributed by atoms with Crippen molar-refractivity contribution in [2.24, 2.45) is 0 Å². The Hall–Kier alpha value is -3.39.